The van der Waals surface area contributed by atoms with Crippen molar-refractivity contribution < 1.29 is 27.1 Å². The van der Waals surface area contributed by atoms with Crippen LogP contribution in [0.15, 0.2) is 107 Å². The van der Waals surface area contributed by atoms with E-state index < -0.39 is 23.5 Å². The number of aromatic nitrogens is 3. The zero-order valence-electron chi connectivity index (χ0n) is 21.3. The third kappa shape index (κ3) is 5.31. The first-order valence-corrected chi connectivity index (χ1v) is 12.5. The minimum Gasteiger partial charge on any atom is -0.461 e. The van der Waals surface area contributed by atoms with Gasteiger partial charge in [0.15, 0.2) is 5.58 Å². The summed E-state index contributed by atoms with van der Waals surface area (Å²) in [5.74, 6) is -1.23. The number of esters is 1. The molecule has 0 aliphatic rings. The van der Waals surface area contributed by atoms with Gasteiger partial charge in [0, 0.05) is 17.1 Å². The van der Waals surface area contributed by atoms with Gasteiger partial charge in [0.2, 0.25) is 0 Å². The maximum absolute atomic E-state index is 13.4. The third-order valence-electron chi connectivity index (χ3n) is 6.57. The SMILES string of the molecule is O=C(Cc1ccc(-c2ccc3ncc4oc(=O)n(-c5cccc(C(F)(F)F)c5)c4c3c2)cn1)OCc1ccccc1. The van der Waals surface area contributed by atoms with Gasteiger partial charge < -0.3 is 9.15 Å². The summed E-state index contributed by atoms with van der Waals surface area (Å²) in [4.78, 5) is 33.8. The molecule has 3 aromatic carbocycles. The second kappa shape index (κ2) is 10.4. The van der Waals surface area contributed by atoms with Crippen LogP contribution in [-0.2, 0) is 28.7 Å². The van der Waals surface area contributed by atoms with Crippen molar-refractivity contribution in [2.45, 2.75) is 19.2 Å². The molecule has 0 saturated heterocycles. The molecule has 0 atom stereocenters. The molecule has 10 heteroatoms. The van der Waals surface area contributed by atoms with Gasteiger partial charge in [-0.15, -0.1) is 0 Å². The largest absolute Gasteiger partial charge is 0.461 e. The molecule has 0 bridgehead atoms. The van der Waals surface area contributed by atoms with Gasteiger partial charge in [-0.3, -0.25) is 14.8 Å². The Morgan fingerprint density at radius 1 is 0.878 bits per heavy atom. The maximum atomic E-state index is 13.4. The minimum atomic E-state index is -4.58. The molecule has 41 heavy (non-hydrogen) atoms. The average molecular weight is 556 g/mol. The summed E-state index contributed by atoms with van der Waals surface area (Å²) in [6, 6.07) is 22.7. The third-order valence-corrected chi connectivity index (χ3v) is 6.57. The standard InChI is InChI=1S/C31H20F3N3O4/c32-31(33,34)22-7-4-8-24(14-22)37-29-25-13-20(10-12-26(25)36-17-27(29)41-30(37)39)21-9-11-23(35-16-21)15-28(38)40-18-19-5-2-1-3-6-19/h1-14,16-17H,15,18H2. The molecular weight excluding hydrogens is 535 g/mol. The molecule has 0 spiro atoms. The van der Waals surface area contributed by atoms with Crippen LogP contribution in [0.4, 0.5) is 13.2 Å². The number of carbonyl (C=O) groups is 1. The number of rotatable bonds is 6. The Balaban J connectivity index is 1.31. The van der Waals surface area contributed by atoms with Crippen LogP contribution in [0.5, 0.6) is 0 Å². The summed E-state index contributed by atoms with van der Waals surface area (Å²) in [5, 5.41) is 0.511. The lowest BCUT2D eigenvalue weighted by Crippen LogP contribution is -2.13. The van der Waals surface area contributed by atoms with E-state index in [1.165, 1.54) is 18.3 Å². The Bertz CT molecular complexity index is 1950. The van der Waals surface area contributed by atoms with Crippen LogP contribution in [0.2, 0.25) is 0 Å². The van der Waals surface area contributed by atoms with Crippen LogP contribution in [0, 0.1) is 0 Å². The van der Waals surface area contributed by atoms with Crippen molar-refractivity contribution in [2.24, 2.45) is 0 Å². The Hall–Kier alpha value is -5.25. The summed E-state index contributed by atoms with van der Waals surface area (Å²) in [6.07, 6.45) is -1.58. The lowest BCUT2D eigenvalue weighted by Gasteiger charge is -2.10. The van der Waals surface area contributed by atoms with Gasteiger partial charge >= 0.3 is 17.9 Å². The van der Waals surface area contributed by atoms with E-state index in [-0.39, 0.29) is 24.3 Å². The zero-order chi connectivity index (χ0) is 28.6. The summed E-state index contributed by atoms with van der Waals surface area (Å²) in [6.45, 7) is 0.178. The number of alkyl halides is 3. The van der Waals surface area contributed by atoms with E-state index >= 15 is 0 Å². The molecule has 0 saturated carbocycles. The maximum Gasteiger partial charge on any atom is 0.424 e. The Kier molecular flexibility index (Phi) is 6.58. The highest BCUT2D eigenvalue weighted by Crippen LogP contribution is 2.33. The smallest absolute Gasteiger partial charge is 0.424 e. The van der Waals surface area contributed by atoms with Gasteiger partial charge in [0.25, 0.3) is 0 Å². The van der Waals surface area contributed by atoms with Crippen molar-refractivity contribution >= 4 is 28.0 Å². The lowest BCUT2D eigenvalue weighted by atomic mass is 10.0. The molecule has 0 aliphatic heterocycles. The number of carbonyl (C=O) groups excluding carboxylic acids is 1. The minimum absolute atomic E-state index is 0.00760. The van der Waals surface area contributed by atoms with Gasteiger partial charge in [0.1, 0.15) is 12.1 Å². The quantitative estimate of drug-likeness (QED) is 0.218. The molecule has 6 rings (SSSR count). The van der Waals surface area contributed by atoms with E-state index in [1.54, 1.807) is 30.5 Å². The number of oxazole rings is 1. The number of hydrogen-bond acceptors (Lipinski definition) is 6. The van der Waals surface area contributed by atoms with E-state index in [9.17, 15) is 22.8 Å². The molecule has 0 aliphatic carbocycles. The molecular formula is C31H20F3N3O4. The molecule has 0 radical (unpaired) electrons. The van der Waals surface area contributed by atoms with Crippen molar-refractivity contribution in [3.8, 4) is 16.8 Å². The summed E-state index contributed by atoms with van der Waals surface area (Å²) in [7, 11) is 0. The Labute approximate surface area is 230 Å². The monoisotopic (exact) mass is 555 g/mol. The topological polar surface area (TPSA) is 87.2 Å². The molecule has 3 aromatic heterocycles. The fraction of sp³-hybridized carbons (Fsp3) is 0.0968. The highest BCUT2D eigenvalue weighted by molar-refractivity contribution is 6.03. The molecule has 0 amide bonds. The van der Waals surface area contributed by atoms with Gasteiger partial charge in [0.05, 0.1) is 35.1 Å². The number of halogens is 3. The normalized spacial score (nSPS) is 11.7. The van der Waals surface area contributed by atoms with Crippen molar-refractivity contribution in [3.05, 3.63) is 125 Å². The summed E-state index contributed by atoms with van der Waals surface area (Å²) in [5.41, 5.74) is 2.96. The fourth-order valence-electron chi connectivity index (χ4n) is 4.57. The van der Waals surface area contributed by atoms with Crippen LogP contribution in [0.3, 0.4) is 0 Å². The molecule has 7 nitrogen and oxygen atoms in total. The molecule has 3 heterocycles. The first kappa shape index (κ1) is 26.0. The molecule has 6 aromatic rings. The van der Waals surface area contributed by atoms with Gasteiger partial charge in [-0.1, -0.05) is 48.5 Å². The number of pyridine rings is 2. The zero-order valence-corrected chi connectivity index (χ0v) is 21.3. The number of fused-ring (bicyclic) bond motifs is 3. The van der Waals surface area contributed by atoms with Crippen molar-refractivity contribution in [1.82, 2.24) is 14.5 Å². The number of nitrogens with zero attached hydrogens (tertiary/aromatic N) is 3. The fourth-order valence-corrected chi connectivity index (χ4v) is 4.57. The van der Waals surface area contributed by atoms with Gasteiger partial charge in [-0.05, 0) is 47.5 Å². The second-order valence-electron chi connectivity index (χ2n) is 9.32. The van der Waals surface area contributed by atoms with Crippen LogP contribution >= 0.6 is 0 Å². The molecule has 0 N–H and O–H groups in total. The average Bonchev–Trinajstić information content (AvgIpc) is 3.32. The van der Waals surface area contributed by atoms with Crippen LogP contribution < -0.4 is 5.76 Å². The number of ether oxygens (including phenoxy) is 1. The van der Waals surface area contributed by atoms with E-state index in [2.05, 4.69) is 9.97 Å². The van der Waals surface area contributed by atoms with Crippen molar-refractivity contribution in [1.29, 1.82) is 0 Å². The predicted molar refractivity (Wildman–Crippen MR) is 145 cm³/mol. The first-order valence-electron chi connectivity index (χ1n) is 12.5. The van der Waals surface area contributed by atoms with Crippen molar-refractivity contribution in [3.63, 3.8) is 0 Å². The summed E-state index contributed by atoms with van der Waals surface area (Å²) >= 11 is 0. The van der Waals surface area contributed by atoms with E-state index in [0.717, 1.165) is 33.4 Å². The van der Waals surface area contributed by atoms with Gasteiger partial charge in [-0.25, -0.2) is 9.36 Å². The number of hydrogen-bond donors (Lipinski definition) is 0. The molecule has 204 valence electrons. The van der Waals surface area contributed by atoms with Crippen LogP contribution in [0.25, 0.3) is 38.8 Å². The predicted octanol–water partition coefficient (Wildman–Crippen LogP) is 6.50. The van der Waals surface area contributed by atoms with Crippen LogP contribution in [-0.4, -0.2) is 20.5 Å². The van der Waals surface area contributed by atoms with Gasteiger partial charge in [-0.2, -0.15) is 13.2 Å². The Morgan fingerprint density at radius 2 is 1.68 bits per heavy atom. The van der Waals surface area contributed by atoms with E-state index in [1.807, 2.05) is 36.4 Å². The highest BCUT2D eigenvalue weighted by Gasteiger charge is 2.31. The molecule has 0 fully saturated rings. The van der Waals surface area contributed by atoms with Crippen molar-refractivity contribution in [2.75, 3.05) is 0 Å². The highest BCUT2D eigenvalue weighted by atomic mass is 19.4. The first-order chi connectivity index (χ1) is 19.8. The van der Waals surface area contributed by atoms with E-state index in [0.29, 0.717) is 22.1 Å². The Morgan fingerprint density at radius 3 is 2.44 bits per heavy atom. The van der Waals surface area contributed by atoms with Crippen LogP contribution in [0.1, 0.15) is 16.8 Å². The molecule has 0 unspecified atom stereocenters. The van der Waals surface area contributed by atoms with E-state index in [4.69, 9.17) is 9.15 Å². The lowest BCUT2D eigenvalue weighted by molar-refractivity contribution is -0.144. The second-order valence-corrected chi connectivity index (χ2v) is 9.32. The number of benzene rings is 3. The summed E-state index contributed by atoms with van der Waals surface area (Å²) < 4.78 is 51.9.